The van der Waals surface area contributed by atoms with Gasteiger partial charge in [0.1, 0.15) is 17.3 Å². The molecule has 7 heteroatoms. The molecule has 0 bridgehead atoms. The molecule has 1 N–H and O–H groups in total. The van der Waals surface area contributed by atoms with E-state index in [0.29, 0.717) is 39.9 Å². The number of hydrogen-bond acceptors (Lipinski definition) is 6. The van der Waals surface area contributed by atoms with Gasteiger partial charge in [-0.15, -0.1) is 0 Å². The van der Waals surface area contributed by atoms with Crippen LogP contribution in [0, 0.1) is 13.8 Å². The summed E-state index contributed by atoms with van der Waals surface area (Å²) >= 11 is 0. The minimum absolute atomic E-state index is 0.347. The van der Waals surface area contributed by atoms with Crippen LogP contribution >= 0.6 is 0 Å². The van der Waals surface area contributed by atoms with E-state index < -0.39 is 0 Å². The molecule has 2 rings (SSSR count). The molecule has 1 aromatic carbocycles. The van der Waals surface area contributed by atoms with Gasteiger partial charge < -0.3 is 18.6 Å². The monoisotopic (exact) mass is 332 g/mol. The Hall–Kier alpha value is -2.96. The number of nitrogens with zero attached hydrogens (tertiary/aromatic N) is 1. The van der Waals surface area contributed by atoms with Gasteiger partial charge in [-0.25, -0.2) is 5.43 Å². The molecule has 0 radical (unpaired) electrons. The lowest BCUT2D eigenvalue weighted by atomic mass is 10.2. The van der Waals surface area contributed by atoms with Crippen molar-refractivity contribution in [2.75, 3.05) is 21.3 Å². The zero-order chi connectivity index (χ0) is 17.7. The Balaban J connectivity index is 2.19. The second-order valence-corrected chi connectivity index (χ2v) is 4.98. The van der Waals surface area contributed by atoms with E-state index in [1.165, 1.54) is 20.4 Å². The SMILES string of the molecule is COc1cc(OC)c(OC)cc1/C=N/NC(=O)c1cc(C)oc1C. The fourth-order valence-corrected chi connectivity index (χ4v) is 2.23. The summed E-state index contributed by atoms with van der Waals surface area (Å²) in [6.45, 7) is 3.50. The first-order chi connectivity index (χ1) is 11.5. The Morgan fingerprint density at radius 1 is 1.04 bits per heavy atom. The van der Waals surface area contributed by atoms with E-state index in [-0.39, 0.29) is 5.91 Å². The molecule has 0 saturated heterocycles. The Morgan fingerprint density at radius 2 is 1.67 bits per heavy atom. The fraction of sp³-hybridized carbons (Fsp3) is 0.294. The topological polar surface area (TPSA) is 82.3 Å². The van der Waals surface area contributed by atoms with Crippen molar-refractivity contribution in [1.82, 2.24) is 5.43 Å². The van der Waals surface area contributed by atoms with Crippen LogP contribution < -0.4 is 19.6 Å². The fourth-order valence-electron chi connectivity index (χ4n) is 2.23. The first-order valence-electron chi connectivity index (χ1n) is 7.20. The van der Waals surface area contributed by atoms with Crippen molar-refractivity contribution in [2.45, 2.75) is 13.8 Å². The summed E-state index contributed by atoms with van der Waals surface area (Å²) in [7, 11) is 4.62. The molecule has 0 unspecified atom stereocenters. The third-order valence-electron chi connectivity index (χ3n) is 3.39. The molecule has 7 nitrogen and oxygen atoms in total. The van der Waals surface area contributed by atoms with E-state index in [1.54, 1.807) is 39.2 Å². The lowest BCUT2D eigenvalue weighted by Gasteiger charge is -2.11. The van der Waals surface area contributed by atoms with Crippen molar-refractivity contribution in [2.24, 2.45) is 5.10 Å². The summed E-state index contributed by atoms with van der Waals surface area (Å²) < 4.78 is 21.1. The Kier molecular flexibility index (Phi) is 5.47. The molecule has 2 aromatic rings. The third kappa shape index (κ3) is 3.68. The summed E-state index contributed by atoms with van der Waals surface area (Å²) in [6.07, 6.45) is 1.47. The van der Waals surface area contributed by atoms with E-state index in [1.807, 2.05) is 0 Å². The number of methoxy groups -OCH3 is 3. The molecule has 128 valence electrons. The Bertz CT molecular complexity index is 765. The number of ether oxygens (including phenoxy) is 3. The number of rotatable bonds is 6. The molecule has 0 spiro atoms. The molecular weight excluding hydrogens is 312 g/mol. The van der Waals surface area contributed by atoms with Gasteiger partial charge in [0.15, 0.2) is 11.5 Å². The van der Waals surface area contributed by atoms with Crippen molar-refractivity contribution in [3.05, 3.63) is 40.8 Å². The van der Waals surface area contributed by atoms with Crippen LogP contribution in [0.4, 0.5) is 0 Å². The van der Waals surface area contributed by atoms with Gasteiger partial charge in [0.2, 0.25) is 0 Å². The second kappa shape index (κ2) is 7.54. The average molecular weight is 332 g/mol. The number of amides is 1. The quantitative estimate of drug-likeness (QED) is 0.649. The summed E-state index contributed by atoms with van der Waals surface area (Å²) in [5.74, 6) is 2.49. The smallest absolute Gasteiger partial charge is 0.274 e. The van der Waals surface area contributed by atoms with Crippen LogP contribution in [-0.4, -0.2) is 33.5 Å². The van der Waals surface area contributed by atoms with Gasteiger partial charge in [0, 0.05) is 11.6 Å². The Morgan fingerprint density at radius 3 is 2.21 bits per heavy atom. The molecule has 0 atom stereocenters. The minimum atomic E-state index is -0.347. The Labute approximate surface area is 140 Å². The molecule has 0 aliphatic heterocycles. The van der Waals surface area contributed by atoms with Gasteiger partial charge in [-0.2, -0.15) is 5.10 Å². The number of furan rings is 1. The molecule has 1 aromatic heterocycles. The van der Waals surface area contributed by atoms with Crippen molar-refractivity contribution >= 4 is 12.1 Å². The number of nitrogens with one attached hydrogen (secondary N) is 1. The lowest BCUT2D eigenvalue weighted by molar-refractivity contribution is 0.0953. The maximum Gasteiger partial charge on any atom is 0.274 e. The average Bonchev–Trinajstić information content (AvgIpc) is 2.92. The maximum absolute atomic E-state index is 12.1. The summed E-state index contributed by atoms with van der Waals surface area (Å²) in [5, 5.41) is 3.97. The largest absolute Gasteiger partial charge is 0.496 e. The van der Waals surface area contributed by atoms with Gasteiger partial charge in [-0.1, -0.05) is 0 Å². The van der Waals surface area contributed by atoms with Gasteiger partial charge in [0.25, 0.3) is 5.91 Å². The minimum Gasteiger partial charge on any atom is -0.496 e. The van der Waals surface area contributed by atoms with Crippen LogP contribution in [0.3, 0.4) is 0 Å². The predicted molar refractivity (Wildman–Crippen MR) is 89.3 cm³/mol. The summed E-state index contributed by atoms with van der Waals surface area (Å²) in [6, 6.07) is 5.06. The highest BCUT2D eigenvalue weighted by Crippen LogP contribution is 2.33. The van der Waals surface area contributed by atoms with E-state index in [2.05, 4.69) is 10.5 Å². The first-order valence-corrected chi connectivity index (χ1v) is 7.20. The molecule has 24 heavy (non-hydrogen) atoms. The van der Waals surface area contributed by atoms with E-state index in [0.717, 1.165) is 0 Å². The van der Waals surface area contributed by atoms with Gasteiger partial charge in [0.05, 0.1) is 33.1 Å². The van der Waals surface area contributed by atoms with Crippen LogP contribution in [0.2, 0.25) is 0 Å². The van der Waals surface area contributed by atoms with Crippen LogP contribution in [0.15, 0.2) is 27.7 Å². The van der Waals surface area contributed by atoms with Gasteiger partial charge in [-0.05, 0) is 26.0 Å². The summed E-state index contributed by atoms with van der Waals surface area (Å²) in [5.41, 5.74) is 3.54. The predicted octanol–water partition coefficient (Wildman–Crippen LogP) is 2.69. The van der Waals surface area contributed by atoms with Crippen molar-refractivity contribution in [1.29, 1.82) is 0 Å². The zero-order valence-corrected chi connectivity index (χ0v) is 14.3. The number of benzene rings is 1. The molecular formula is C17H20N2O5. The second-order valence-electron chi connectivity index (χ2n) is 4.98. The molecule has 0 saturated carbocycles. The number of hydrogen-bond donors (Lipinski definition) is 1. The van der Waals surface area contributed by atoms with Gasteiger partial charge >= 0.3 is 0 Å². The normalized spacial score (nSPS) is 10.7. The van der Waals surface area contributed by atoms with Crippen molar-refractivity contribution in [3.63, 3.8) is 0 Å². The van der Waals surface area contributed by atoms with Crippen LogP contribution in [0.1, 0.15) is 27.4 Å². The number of carbonyl (C=O) groups excluding carboxylic acids is 1. The van der Waals surface area contributed by atoms with Crippen LogP contribution in [0.5, 0.6) is 17.2 Å². The number of carbonyl (C=O) groups is 1. The van der Waals surface area contributed by atoms with E-state index in [9.17, 15) is 4.79 Å². The highest BCUT2D eigenvalue weighted by molar-refractivity contribution is 5.96. The van der Waals surface area contributed by atoms with E-state index >= 15 is 0 Å². The number of hydrazone groups is 1. The zero-order valence-electron chi connectivity index (χ0n) is 14.3. The van der Waals surface area contributed by atoms with E-state index in [4.69, 9.17) is 18.6 Å². The van der Waals surface area contributed by atoms with Crippen molar-refractivity contribution < 1.29 is 23.4 Å². The lowest BCUT2D eigenvalue weighted by Crippen LogP contribution is -2.17. The van der Waals surface area contributed by atoms with Crippen LogP contribution in [0.25, 0.3) is 0 Å². The maximum atomic E-state index is 12.1. The van der Waals surface area contributed by atoms with Crippen molar-refractivity contribution in [3.8, 4) is 17.2 Å². The first kappa shape index (κ1) is 17.4. The standard InChI is InChI=1S/C17H20N2O5/c1-10-6-13(11(2)24-10)17(20)19-18-9-12-7-15(22-4)16(23-5)8-14(12)21-3/h6-9H,1-5H3,(H,19,20)/b18-9+. The molecule has 1 heterocycles. The molecule has 1 amide bonds. The van der Waals surface area contributed by atoms with Gasteiger partial charge in [-0.3, -0.25) is 4.79 Å². The highest BCUT2D eigenvalue weighted by Gasteiger charge is 2.13. The molecule has 0 fully saturated rings. The number of aryl methyl sites for hydroxylation is 2. The summed E-state index contributed by atoms with van der Waals surface area (Å²) in [4.78, 5) is 12.1. The third-order valence-corrected chi connectivity index (χ3v) is 3.39. The highest BCUT2D eigenvalue weighted by atomic mass is 16.5. The van der Waals surface area contributed by atoms with Crippen LogP contribution in [-0.2, 0) is 0 Å². The molecule has 0 aliphatic rings. The molecule has 0 aliphatic carbocycles.